The van der Waals surface area contributed by atoms with Gasteiger partial charge in [0.1, 0.15) is 5.75 Å². The van der Waals surface area contributed by atoms with E-state index in [0.717, 1.165) is 31.7 Å². The van der Waals surface area contributed by atoms with Crippen LogP contribution in [0.2, 0.25) is 0 Å². The Kier molecular flexibility index (Phi) is 4.43. The molecule has 1 aromatic rings. The minimum Gasteiger partial charge on any atom is -0.493 e. The quantitative estimate of drug-likeness (QED) is 0.775. The van der Waals surface area contributed by atoms with Gasteiger partial charge in [0.15, 0.2) is 0 Å². The van der Waals surface area contributed by atoms with E-state index in [-0.39, 0.29) is 0 Å². The molecule has 0 aromatic heterocycles. The summed E-state index contributed by atoms with van der Waals surface area (Å²) in [6, 6.07) is 8.82. The van der Waals surface area contributed by atoms with Crippen molar-refractivity contribution in [1.82, 2.24) is 5.32 Å². The lowest BCUT2D eigenvalue weighted by Crippen LogP contribution is -2.36. The van der Waals surface area contributed by atoms with E-state index in [1.807, 2.05) is 6.07 Å². The minimum atomic E-state index is 0.436. The third kappa shape index (κ3) is 2.94. The summed E-state index contributed by atoms with van der Waals surface area (Å²) >= 11 is 0. The zero-order chi connectivity index (χ0) is 13.0. The summed E-state index contributed by atoms with van der Waals surface area (Å²) in [6.45, 7) is 10.2. The average molecular weight is 245 g/mol. The summed E-state index contributed by atoms with van der Waals surface area (Å²) < 4.78 is 5.78. The molecule has 18 heavy (non-hydrogen) atoms. The number of nitrogens with one attached hydrogen (secondary N) is 1. The highest BCUT2D eigenvalue weighted by Gasteiger charge is 2.30. The minimum absolute atomic E-state index is 0.436. The van der Waals surface area contributed by atoms with Crippen LogP contribution >= 0.6 is 0 Å². The second-order valence-corrected chi connectivity index (χ2v) is 5.18. The Hall–Kier alpha value is -1.28. The van der Waals surface area contributed by atoms with Crippen LogP contribution in [0.3, 0.4) is 0 Å². The molecule has 0 fully saturated rings. The number of fused-ring (bicyclic) bond motifs is 1. The number of ether oxygens (including phenoxy) is 1. The molecule has 1 heterocycles. The number of hydrogen-bond donors (Lipinski definition) is 1. The summed E-state index contributed by atoms with van der Waals surface area (Å²) in [7, 11) is 0. The number of para-hydroxylation sites is 1. The van der Waals surface area contributed by atoms with Crippen molar-refractivity contribution in [3.05, 3.63) is 42.0 Å². The monoisotopic (exact) mass is 245 g/mol. The van der Waals surface area contributed by atoms with E-state index >= 15 is 0 Å². The summed E-state index contributed by atoms with van der Waals surface area (Å²) in [5.74, 6) is 1.50. The van der Waals surface area contributed by atoms with Crippen LogP contribution in [0.5, 0.6) is 5.75 Å². The first-order valence-corrected chi connectivity index (χ1v) is 6.82. The molecule has 0 amide bonds. The van der Waals surface area contributed by atoms with Crippen molar-refractivity contribution in [3.63, 3.8) is 0 Å². The maximum absolute atomic E-state index is 5.78. The van der Waals surface area contributed by atoms with Gasteiger partial charge >= 0.3 is 0 Å². The van der Waals surface area contributed by atoms with E-state index in [1.165, 1.54) is 11.1 Å². The molecule has 1 aliphatic heterocycles. The lowest BCUT2D eigenvalue weighted by Gasteiger charge is -2.24. The Bertz CT molecular complexity index is 413. The van der Waals surface area contributed by atoms with Crippen molar-refractivity contribution in [2.75, 3.05) is 13.2 Å². The third-order valence-corrected chi connectivity index (χ3v) is 3.45. The summed E-state index contributed by atoms with van der Waals surface area (Å²) in [6.07, 6.45) is 2.17. The molecule has 2 nitrogen and oxygen atoms in total. The first-order chi connectivity index (χ1) is 8.72. The molecule has 1 aliphatic rings. The highest BCUT2D eigenvalue weighted by atomic mass is 16.5. The summed E-state index contributed by atoms with van der Waals surface area (Å²) in [5.41, 5.74) is 2.57. The van der Waals surface area contributed by atoms with Gasteiger partial charge in [-0.05, 0) is 32.4 Å². The topological polar surface area (TPSA) is 21.3 Å². The summed E-state index contributed by atoms with van der Waals surface area (Å²) in [4.78, 5) is 0. The third-order valence-electron chi connectivity index (χ3n) is 3.45. The smallest absolute Gasteiger partial charge is 0.122 e. The summed E-state index contributed by atoms with van der Waals surface area (Å²) in [5, 5.41) is 3.64. The number of hydrogen-bond acceptors (Lipinski definition) is 2. The maximum Gasteiger partial charge on any atom is 0.122 e. The van der Waals surface area contributed by atoms with Crippen LogP contribution in [-0.2, 0) is 0 Å². The van der Waals surface area contributed by atoms with Gasteiger partial charge in [0, 0.05) is 17.5 Å². The first kappa shape index (κ1) is 13.2. The van der Waals surface area contributed by atoms with E-state index < -0.39 is 0 Å². The van der Waals surface area contributed by atoms with Crippen molar-refractivity contribution in [2.24, 2.45) is 0 Å². The second kappa shape index (κ2) is 6.05. The highest BCUT2D eigenvalue weighted by molar-refractivity contribution is 5.40. The molecular formula is C16H23NO. The molecule has 0 radical (unpaired) electrons. The highest BCUT2D eigenvalue weighted by Crippen LogP contribution is 2.36. The fourth-order valence-corrected chi connectivity index (χ4v) is 2.58. The normalized spacial score (nSPS) is 19.1. The van der Waals surface area contributed by atoms with E-state index in [0.29, 0.717) is 12.0 Å². The number of benzene rings is 1. The Morgan fingerprint density at radius 1 is 1.50 bits per heavy atom. The zero-order valence-electron chi connectivity index (χ0n) is 11.4. The SMILES string of the molecule is C=C(C)CC(NCCC)C1COc2ccccc21. The molecular weight excluding hydrogens is 222 g/mol. The fraction of sp³-hybridized carbons (Fsp3) is 0.500. The van der Waals surface area contributed by atoms with E-state index in [4.69, 9.17) is 4.74 Å². The molecule has 2 atom stereocenters. The van der Waals surface area contributed by atoms with Crippen LogP contribution in [0.4, 0.5) is 0 Å². The maximum atomic E-state index is 5.78. The molecule has 1 N–H and O–H groups in total. The van der Waals surface area contributed by atoms with Crippen molar-refractivity contribution < 1.29 is 4.74 Å². The van der Waals surface area contributed by atoms with Crippen molar-refractivity contribution in [1.29, 1.82) is 0 Å². The van der Waals surface area contributed by atoms with Crippen LogP contribution < -0.4 is 10.1 Å². The van der Waals surface area contributed by atoms with Gasteiger partial charge in [-0.2, -0.15) is 0 Å². The Labute approximate surface area is 110 Å². The molecule has 98 valence electrons. The van der Waals surface area contributed by atoms with Crippen molar-refractivity contribution in [3.8, 4) is 5.75 Å². The van der Waals surface area contributed by atoms with Gasteiger partial charge in [0.2, 0.25) is 0 Å². The second-order valence-electron chi connectivity index (χ2n) is 5.18. The van der Waals surface area contributed by atoms with Crippen LogP contribution in [0.1, 0.15) is 38.2 Å². The van der Waals surface area contributed by atoms with Gasteiger partial charge in [-0.25, -0.2) is 0 Å². The molecule has 0 aliphatic carbocycles. The van der Waals surface area contributed by atoms with Crippen LogP contribution in [0.15, 0.2) is 36.4 Å². The van der Waals surface area contributed by atoms with Gasteiger partial charge in [0.25, 0.3) is 0 Å². The lowest BCUT2D eigenvalue weighted by molar-refractivity contribution is 0.296. The molecule has 0 saturated carbocycles. The van der Waals surface area contributed by atoms with Crippen LogP contribution in [-0.4, -0.2) is 19.2 Å². The molecule has 0 bridgehead atoms. The standard InChI is InChI=1S/C16H23NO/c1-4-9-17-15(10-12(2)3)14-11-18-16-8-6-5-7-13(14)16/h5-8,14-15,17H,2,4,9-11H2,1,3H3. The van der Waals surface area contributed by atoms with Gasteiger partial charge < -0.3 is 10.1 Å². The molecule has 1 aromatic carbocycles. The molecule has 2 heteroatoms. The Morgan fingerprint density at radius 3 is 3.00 bits per heavy atom. The van der Waals surface area contributed by atoms with Gasteiger partial charge in [-0.3, -0.25) is 0 Å². The first-order valence-electron chi connectivity index (χ1n) is 6.82. The largest absolute Gasteiger partial charge is 0.493 e. The molecule has 0 spiro atoms. The van der Waals surface area contributed by atoms with E-state index in [9.17, 15) is 0 Å². The molecule has 2 unspecified atom stereocenters. The van der Waals surface area contributed by atoms with Gasteiger partial charge in [-0.15, -0.1) is 6.58 Å². The molecule has 0 saturated heterocycles. The van der Waals surface area contributed by atoms with Gasteiger partial charge in [0.05, 0.1) is 6.61 Å². The Morgan fingerprint density at radius 2 is 2.28 bits per heavy atom. The van der Waals surface area contributed by atoms with E-state index in [2.05, 4.69) is 43.9 Å². The zero-order valence-corrected chi connectivity index (χ0v) is 11.4. The predicted molar refractivity (Wildman–Crippen MR) is 76.2 cm³/mol. The lowest BCUT2D eigenvalue weighted by atomic mass is 9.89. The van der Waals surface area contributed by atoms with Gasteiger partial charge in [-0.1, -0.05) is 30.7 Å². The molecule has 2 rings (SSSR count). The fourth-order valence-electron chi connectivity index (χ4n) is 2.58. The Balaban J connectivity index is 2.14. The van der Waals surface area contributed by atoms with Crippen molar-refractivity contribution >= 4 is 0 Å². The number of rotatable bonds is 6. The van der Waals surface area contributed by atoms with Crippen LogP contribution in [0.25, 0.3) is 0 Å². The van der Waals surface area contributed by atoms with E-state index in [1.54, 1.807) is 0 Å². The predicted octanol–water partition coefficient (Wildman–Crippen LogP) is 3.50. The van der Waals surface area contributed by atoms with Crippen molar-refractivity contribution in [2.45, 2.75) is 38.6 Å². The van der Waals surface area contributed by atoms with Crippen LogP contribution in [0, 0.1) is 0 Å². The average Bonchev–Trinajstić information content (AvgIpc) is 2.78.